The summed E-state index contributed by atoms with van der Waals surface area (Å²) in [4.78, 5) is 22.3. The first kappa shape index (κ1) is 15.1. The summed E-state index contributed by atoms with van der Waals surface area (Å²) in [7, 11) is 0. The third-order valence-electron chi connectivity index (χ3n) is 2.50. The summed E-state index contributed by atoms with van der Waals surface area (Å²) in [6.45, 7) is -0.241. The number of hydrogen-bond acceptors (Lipinski definition) is 4. The van der Waals surface area contributed by atoms with E-state index in [1.165, 1.54) is 18.3 Å². The quantitative estimate of drug-likeness (QED) is 0.838. The molecule has 2 rings (SSSR count). The monoisotopic (exact) mass is 356 g/mol. The van der Waals surface area contributed by atoms with E-state index in [1.54, 1.807) is 0 Å². The molecule has 9 heteroatoms. The van der Waals surface area contributed by atoms with E-state index in [4.69, 9.17) is 5.11 Å². The van der Waals surface area contributed by atoms with E-state index in [9.17, 15) is 14.0 Å². The topological polar surface area (TPSA) is 97.1 Å². The lowest BCUT2D eigenvalue weighted by Crippen LogP contribution is -2.23. The van der Waals surface area contributed by atoms with Crippen molar-refractivity contribution in [2.45, 2.75) is 13.1 Å². The van der Waals surface area contributed by atoms with Crippen molar-refractivity contribution in [3.8, 4) is 0 Å². The first-order valence-corrected chi connectivity index (χ1v) is 6.59. The molecule has 7 nitrogen and oxygen atoms in total. The predicted molar refractivity (Wildman–Crippen MR) is 72.9 cm³/mol. The lowest BCUT2D eigenvalue weighted by Gasteiger charge is -2.03. The number of carboxylic acid groups (broad SMARTS) is 1. The summed E-state index contributed by atoms with van der Waals surface area (Å²) in [6, 6.07) is 4.03. The molecule has 110 valence electrons. The molecule has 0 aliphatic rings. The standard InChI is InChI=1S/C12H10BrFN4O3/c13-9-2-1-7(3-10(9)14)12(21)15-4-8-5-18(17-16-8)6-11(19)20/h1-3,5H,4,6H2,(H,15,21)(H,19,20). The summed E-state index contributed by atoms with van der Waals surface area (Å²) in [5.74, 6) is -2.04. The van der Waals surface area contributed by atoms with E-state index in [0.29, 0.717) is 5.69 Å². The number of nitrogens with one attached hydrogen (secondary N) is 1. The van der Waals surface area contributed by atoms with Crippen LogP contribution in [0.15, 0.2) is 28.9 Å². The highest BCUT2D eigenvalue weighted by molar-refractivity contribution is 9.10. The number of benzene rings is 1. The molecule has 0 saturated heterocycles. The largest absolute Gasteiger partial charge is 0.480 e. The normalized spacial score (nSPS) is 10.4. The first-order chi connectivity index (χ1) is 9.95. The van der Waals surface area contributed by atoms with Gasteiger partial charge in [0.1, 0.15) is 18.1 Å². The van der Waals surface area contributed by atoms with Crippen LogP contribution in [0.3, 0.4) is 0 Å². The first-order valence-electron chi connectivity index (χ1n) is 5.80. The zero-order chi connectivity index (χ0) is 15.4. The Kier molecular flexibility index (Phi) is 4.63. The molecule has 1 aromatic carbocycles. The third-order valence-corrected chi connectivity index (χ3v) is 3.14. The molecule has 0 saturated carbocycles. The van der Waals surface area contributed by atoms with Gasteiger partial charge in [-0.3, -0.25) is 9.59 Å². The van der Waals surface area contributed by atoms with Crippen LogP contribution in [0.1, 0.15) is 16.1 Å². The van der Waals surface area contributed by atoms with Gasteiger partial charge in [0.05, 0.1) is 17.2 Å². The lowest BCUT2D eigenvalue weighted by molar-refractivity contribution is -0.137. The zero-order valence-electron chi connectivity index (χ0n) is 10.6. The van der Waals surface area contributed by atoms with E-state index < -0.39 is 17.7 Å². The van der Waals surface area contributed by atoms with Crippen LogP contribution in [-0.4, -0.2) is 32.0 Å². The highest BCUT2D eigenvalue weighted by atomic mass is 79.9. The second-order valence-electron chi connectivity index (χ2n) is 4.11. The van der Waals surface area contributed by atoms with Crippen molar-refractivity contribution in [1.82, 2.24) is 20.3 Å². The maximum Gasteiger partial charge on any atom is 0.325 e. The SMILES string of the molecule is O=C(O)Cn1cc(CNC(=O)c2ccc(Br)c(F)c2)nn1. The average Bonchev–Trinajstić information content (AvgIpc) is 2.86. The van der Waals surface area contributed by atoms with Gasteiger partial charge in [0, 0.05) is 5.56 Å². The summed E-state index contributed by atoms with van der Waals surface area (Å²) < 4.78 is 14.7. The second-order valence-corrected chi connectivity index (χ2v) is 4.97. The summed E-state index contributed by atoms with van der Waals surface area (Å²) in [5.41, 5.74) is 0.579. The van der Waals surface area contributed by atoms with Crippen molar-refractivity contribution in [3.05, 3.63) is 45.9 Å². The van der Waals surface area contributed by atoms with Crippen LogP contribution in [0, 0.1) is 5.82 Å². The molecule has 0 aliphatic heterocycles. The van der Waals surface area contributed by atoms with Crippen LogP contribution in [-0.2, 0) is 17.9 Å². The molecule has 0 unspecified atom stereocenters. The molecule has 0 spiro atoms. The van der Waals surface area contributed by atoms with Crippen LogP contribution in [0.4, 0.5) is 4.39 Å². The van der Waals surface area contributed by atoms with E-state index >= 15 is 0 Å². The minimum absolute atomic E-state index is 0.0656. The second kappa shape index (κ2) is 6.44. The predicted octanol–water partition coefficient (Wildman–Crippen LogP) is 1.19. The molecule has 21 heavy (non-hydrogen) atoms. The number of rotatable bonds is 5. The van der Waals surface area contributed by atoms with Crippen molar-refractivity contribution in [1.29, 1.82) is 0 Å². The molecule has 0 aliphatic carbocycles. The van der Waals surface area contributed by atoms with Gasteiger partial charge in [-0.2, -0.15) is 0 Å². The number of halogens is 2. The number of nitrogens with zero attached hydrogens (tertiary/aromatic N) is 3. The molecule has 0 fully saturated rings. The van der Waals surface area contributed by atoms with Gasteiger partial charge in [-0.1, -0.05) is 5.21 Å². The third kappa shape index (κ3) is 4.09. The number of hydrogen-bond donors (Lipinski definition) is 2. The van der Waals surface area contributed by atoms with Crippen molar-refractivity contribution in [2.75, 3.05) is 0 Å². The molecular formula is C12H10BrFN4O3. The van der Waals surface area contributed by atoms with Crippen LogP contribution in [0.25, 0.3) is 0 Å². The minimum Gasteiger partial charge on any atom is -0.480 e. The number of amides is 1. The number of aliphatic carboxylic acids is 1. The highest BCUT2D eigenvalue weighted by Gasteiger charge is 2.10. The fraction of sp³-hybridized carbons (Fsp3) is 0.167. The fourth-order valence-corrected chi connectivity index (χ4v) is 1.79. The number of carbonyl (C=O) groups is 2. The Morgan fingerprint density at radius 3 is 2.86 bits per heavy atom. The molecular weight excluding hydrogens is 347 g/mol. The average molecular weight is 357 g/mol. The van der Waals surface area contributed by atoms with Gasteiger partial charge >= 0.3 is 5.97 Å². The van der Waals surface area contributed by atoms with Gasteiger partial charge in [0.2, 0.25) is 0 Å². The molecule has 0 bridgehead atoms. The van der Waals surface area contributed by atoms with E-state index in [-0.39, 0.29) is 23.1 Å². The number of carboxylic acids is 1. The van der Waals surface area contributed by atoms with Gasteiger partial charge in [0.25, 0.3) is 5.91 Å². The molecule has 2 aromatic rings. The lowest BCUT2D eigenvalue weighted by atomic mass is 10.2. The Morgan fingerprint density at radius 2 is 2.19 bits per heavy atom. The summed E-state index contributed by atoms with van der Waals surface area (Å²) >= 11 is 3.00. The van der Waals surface area contributed by atoms with Gasteiger partial charge in [-0.15, -0.1) is 5.10 Å². The van der Waals surface area contributed by atoms with E-state index in [2.05, 4.69) is 31.6 Å². The Bertz CT molecular complexity index is 689. The van der Waals surface area contributed by atoms with Crippen molar-refractivity contribution >= 4 is 27.8 Å². The minimum atomic E-state index is -1.04. The van der Waals surface area contributed by atoms with Gasteiger partial charge < -0.3 is 10.4 Å². The van der Waals surface area contributed by atoms with Crippen LogP contribution in [0.5, 0.6) is 0 Å². The molecule has 0 radical (unpaired) electrons. The Hall–Kier alpha value is -2.29. The molecule has 1 amide bonds. The van der Waals surface area contributed by atoms with Crippen molar-refractivity contribution in [2.24, 2.45) is 0 Å². The fourth-order valence-electron chi connectivity index (χ4n) is 1.55. The summed E-state index contributed by atoms with van der Waals surface area (Å²) in [6.07, 6.45) is 1.41. The number of carbonyl (C=O) groups excluding carboxylic acids is 1. The Labute approximate surface area is 126 Å². The van der Waals surface area contributed by atoms with Crippen LogP contribution >= 0.6 is 15.9 Å². The maximum atomic E-state index is 13.3. The molecule has 2 N–H and O–H groups in total. The molecule has 0 atom stereocenters. The maximum absolute atomic E-state index is 13.3. The molecule has 1 heterocycles. The van der Waals surface area contributed by atoms with Gasteiger partial charge in [-0.25, -0.2) is 9.07 Å². The van der Waals surface area contributed by atoms with E-state index in [1.807, 2.05) is 0 Å². The Balaban J connectivity index is 1.95. The smallest absolute Gasteiger partial charge is 0.325 e. The zero-order valence-corrected chi connectivity index (χ0v) is 12.2. The Morgan fingerprint density at radius 1 is 1.43 bits per heavy atom. The van der Waals surface area contributed by atoms with E-state index in [0.717, 1.165) is 10.7 Å². The van der Waals surface area contributed by atoms with Gasteiger partial charge in [-0.05, 0) is 34.1 Å². The van der Waals surface area contributed by atoms with Crippen LogP contribution < -0.4 is 5.32 Å². The van der Waals surface area contributed by atoms with Gasteiger partial charge in [0.15, 0.2) is 0 Å². The van der Waals surface area contributed by atoms with Crippen molar-refractivity contribution < 1.29 is 19.1 Å². The number of aromatic nitrogens is 3. The highest BCUT2D eigenvalue weighted by Crippen LogP contribution is 2.16. The molecule has 1 aromatic heterocycles. The van der Waals surface area contributed by atoms with Crippen LogP contribution in [0.2, 0.25) is 0 Å². The summed E-state index contributed by atoms with van der Waals surface area (Å²) in [5, 5.41) is 18.5. The van der Waals surface area contributed by atoms with Crippen molar-refractivity contribution in [3.63, 3.8) is 0 Å².